The number of aryl methyl sites for hydroxylation is 3. The van der Waals surface area contributed by atoms with Crippen LogP contribution in [0.5, 0.6) is 11.6 Å². The molecule has 0 saturated heterocycles. The van der Waals surface area contributed by atoms with Crippen molar-refractivity contribution in [2.75, 3.05) is 7.05 Å². The Morgan fingerprint density at radius 2 is 1.95 bits per heavy atom. The second-order valence-corrected chi connectivity index (χ2v) is 5.46. The fourth-order valence-corrected chi connectivity index (χ4v) is 2.39. The molecule has 1 N–H and O–H groups in total. The minimum Gasteiger partial charge on any atom is -0.439 e. The van der Waals surface area contributed by atoms with Gasteiger partial charge >= 0.3 is 0 Å². The first-order chi connectivity index (χ1) is 10.1. The van der Waals surface area contributed by atoms with Gasteiger partial charge in [-0.1, -0.05) is 31.0 Å². The standard InChI is InChI=1S/C18H24N2O/c1-5-6-16-10-15(12-19-4)11-18(20-16)21-17-8-7-13(2)9-14(17)3/h7-11,19H,5-6,12H2,1-4H3. The third-order valence-electron chi connectivity index (χ3n) is 3.35. The van der Waals surface area contributed by atoms with Gasteiger partial charge < -0.3 is 10.1 Å². The fourth-order valence-electron chi connectivity index (χ4n) is 2.39. The predicted molar refractivity (Wildman–Crippen MR) is 87.0 cm³/mol. The summed E-state index contributed by atoms with van der Waals surface area (Å²) in [6.45, 7) is 7.13. The van der Waals surface area contributed by atoms with Crippen LogP contribution in [0.2, 0.25) is 0 Å². The van der Waals surface area contributed by atoms with Gasteiger partial charge in [-0.15, -0.1) is 0 Å². The number of pyridine rings is 1. The van der Waals surface area contributed by atoms with Crippen molar-refractivity contribution in [3.05, 3.63) is 52.7 Å². The Kier molecular flexibility index (Phi) is 5.34. The van der Waals surface area contributed by atoms with Crippen LogP contribution in [0.1, 0.15) is 35.7 Å². The monoisotopic (exact) mass is 284 g/mol. The van der Waals surface area contributed by atoms with Crippen molar-refractivity contribution < 1.29 is 4.74 Å². The first-order valence-corrected chi connectivity index (χ1v) is 7.52. The number of aromatic nitrogens is 1. The summed E-state index contributed by atoms with van der Waals surface area (Å²) in [5.74, 6) is 1.55. The number of ether oxygens (including phenoxy) is 1. The van der Waals surface area contributed by atoms with Crippen molar-refractivity contribution in [1.29, 1.82) is 0 Å². The molecule has 0 aliphatic rings. The highest BCUT2D eigenvalue weighted by Crippen LogP contribution is 2.25. The molecule has 0 aliphatic carbocycles. The van der Waals surface area contributed by atoms with E-state index in [0.717, 1.165) is 36.4 Å². The molecule has 1 heterocycles. The van der Waals surface area contributed by atoms with Crippen LogP contribution in [0.15, 0.2) is 30.3 Å². The highest BCUT2D eigenvalue weighted by atomic mass is 16.5. The summed E-state index contributed by atoms with van der Waals surface area (Å²) in [4.78, 5) is 4.61. The van der Waals surface area contributed by atoms with Crippen LogP contribution in [0.3, 0.4) is 0 Å². The summed E-state index contributed by atoms with van der Waals surface area (Å²) < 4.78 is 6.00. The highest BCUT2D eigenvalue weighted by Gasteiger charge is 2.06. The Bertz CT molecular complexity index is 584. The Morgan fingerprint density at radius 1 is 1.14 bits per heavy atom. The van der Waals surface area contributed by atoms with Gasteiger partial charge in [-0.2, -0.15) is 0 Å². The van der Waals surface area contributed by atoms with Crippen LogP contribution in [0, 0.1) is 13.8 Å². The molecule has 0 amide bonds. The molecule has 3 heteroatoms. The molecule has 0 spiro atoms. The summed E-state index contributed by atoms with van der Waals surface area (Å²) in [6.07, 6.45) is 2.06. The number of nitrogens with zero attached hydrogens (tertiary/aromatic N) is 1. The van der Waals surface area contributed by atoms with Gasteiger partial charge in [0.05, 0.1) is 0 Å². The molecule has 2 aromatic rings. The third kappa shape index (κ3) is 4.30. The molecule has 2 rings (SSSR count). The smallest absolute Gasteiger partial charge is 0.219 e. The Hall–Kier alpha value is -1.87. The first-order valence-electron chi connectivity index (χ1n) is 7.52. The summed E-state index contributed by atoms with van der Waals surface area (Å²) >= 11 is 0. The van der Waals surface area contributed by atoms with E-state index in [-0.39, 0.29) is 0 Å². The molecular weight excluding hydrogens is 260 g/mol. The van der Waals surface area contributed by atoms with Gasteiger partial charge in [0.25, 0.3) is 0 Å². The van der Waals surface area contributed by atoms with Crippen LogP contribution in [-0.4, -0.2) is 12.0 Å². The van der Waals surface area contributed by atoms with Gasteiger partial charge in [0, 0.05) is 18.3 Å². The summed E-state index contributed by atoms with van der Waals surface area (Å²) in [5, 5.41) is 3.18. The molecule has 0 radical (unpaired) electrons. The number of hydrogen-bond donors (Lipinski definition) is 1. The van der Waals surface area contributed by atoms with Crippen LogP contribution >= 0.6 is 0 Å². The Balaban J connectivity index is 2.29. The number of nitrogens with one attached hydrogen (secondary N) is 1. The lowest BCUT2D eigenvalue weighted by Crippen LogP contribution is -2.07. The van der Waals surface area contributed by atoms with Gasteiger partial charge in [-0.05, 0) is 50.6 Å². The normalized spacial score (nSPS) is 10.7. The lowest BCUT2D eigenvalue weighted by molar-refractivity contribution is 0.456. The van der Waals surface area contributed by atoms with E-state index < -0.39 is 0 Å². The van der Waals surface area contributed by atoms with Crippen molar-refractivity contribution in [2.45, 2.75) is 40.2 Å². The Morgan fingerprint density at radius 3 is 2.62 bits per heavy atom. The average molecular weight is 284 g/mol. The number of benzene rings is 1. The quantitative estimate of drug-likeness (QED) is 0.864. The first kappa shape index (κ1) is 15.5. The Labute approximate surface area is 127 Å². The minimum atomic E-state index is 0.679. The molecule has 1 aromatic heterocycles. The van der Waals surface area contributed by atoms with Gasteiger partial charge in [0.15, 0.2) is 0 Å². The predicted octanol–water partition coefficient (Wildman–Crippen LogP) is 4.16. The fraction of sp³-hybridized carbons (Fsp3) is 0.389. The zero-order valence-corrected chi connectivity index (χ0v) is 13.4. The summed E-state index contributed by atoms with van der Waals surface area (Å²) in [6, 6.07) is 10.4. The van der Waals surface area contributed by atoms with E-state index in [9.17, 15) is 0 Å². The molecule has 0 atom stereocenters. The largest absolute Gasteiger partial charge is 0.439 e. The SMILES string of the molecule is CCCc1cc(CNC)cc(Oc2ccc(C)cc2C)n1. The van der Waals surface area contributed by atoms with E-state index >= 15 is 0 Å². The van der Waals surface area contributed by atoms with Crippen molar-refractivity contribution in [3.8, 4) is 11.6 Å². The highest BCUT2D eigenvalue weighted by molar-refractivity contribution is 5.38. The van der Waals surface area contributed by atoms with E-state index in [1.54, 1.807) is 0 Å². The molecule has 112 valence electrons. The van der Waals surface area contributed by atoms with Gasteiger partial charge in [0.1, 0.15) is 5.75 Å². The van der Waals surface area contributed by atoms with E-state index in [2.05, 4.69) is 49.3 Å². The molecule has 0 unspecified atom stereocenters. The molecule has 3 nitrogen and oxygen atoms in total. The second kappa shape index (κ2) is 7.23. The molecule has 0 saturated carbocycles. The van der Waals surface area contributed by atoms with E-state index in [1.165, 1.54) is 11.1 Å². The maximum absolute atomic E-state index is 6.00. The molecular formula is C18H24N2O. The summed E-state index contributed by atoms with van der Waals surface area (Å²) in [7, 11) is 1.95. The molecule has 1 aromatic carbocycles. The third-order valence-corrected chi connectivity index (χ3v) is 3.35. The van der Waals surface area contributed by atoms with Crippen LogP contribution in [0.4, 0.5) is 0 Å². The van der Waals surface area contributed by atoms with Gasteiger partial charge in [-0.3, -0.25) is 0 Å². The summed E-state index contributed by atoms with van der Waals surface area (Å²) in [5.41, 5.74) is 4.66. The van der Waals surface area contributed by atoms with E-state index in [1.807, 2.05) is 19.2 Å². The van der Waals surface area contributed by atoms with Crippen molar-refractivity contribution in [2.24, 2.45) is 0 Å². The zero-order chi connectivity index (χ0) is 15.2. The maximum atomic E-state index is 6.00. The molecule has 21 heavy (non-hydrogen) atoms. The lowest BCUT2D eigenvalue weighted by Gasteiger charge is -2.11. The molecule has 0 fully saturated rings. The van der Waals surface area contributed by atoms with Gasteiger partial charge in [-0.25, -0.2) is 4.98 Å². The molecule has 0 bridgehead atoms. The zero-order valence-electron chi connectivity index (χ0n) is 13.4. The van der Waals surface area contributed by atoms with Gasteiger partial charge in [0.2, 0.25) is 5.88 Å². The number of hydrogen-bond acceptors (Lipinski definition) is 3. The topological polar surface area (TPSA) is 34.1 Å². The van der Waals surface area contributed by atoms with Crippen molar-refractivity contribution >= 4 is 0 Å². The van der Waals surface area contributed by atoms with E-state index in [4.69, 9.17) is 4.74 Å². The van der Waals surface area contributed by atoms with Crippen LogP contribution < -0.4 is 10.1 Å². The van der Waals surface area contributed by atoms with E-state index in [0.29, 0.717) is 5.88 Å². The minimum absolute atomic E-state index is 0.679. The van der Waals surface area contributed by atoms with Crippen molar-refractivity contribution in [3.63, 3.8) is 0 Å². The van der Waals surface area contributed by atoms with Crippen LogP contribution in [-0.2, 0) is 13.0 Å². The van der Waals surface area contributed by atoms with Crippen molar-refractivity contribution in [1.82, 2.24) is 10.3 Å². The maximum Gasteiger partial charge on any atom is 0.219 e. The van der Waals surface area contributed by atoms with Crippen LogP contribution in [0.25, 0.3) is 0 Å². The lowest BCUT2D eigenvalue weighted by atomic mass is 10.1. The number of rotatable bonds is 6. The second-order valence-electron chi connectivity index (χ2n) is 5.46. The average Bonchev–Trinajstić information content (AvgIpc) is 2.42. The molecule has 0 aliphatic heterocycles.